The fourth-order valence-electron chi connectivity index (χ4n) is 1.85. The number of nitrogens with one attached hydrogen (secondary N) is 2. The van der Waals surface area contributed by atoms with Crippen molar-refractivity contribution in [1.82, 2.24) is 10.6 Å². The van der Waals surface area contributed by atoms with Gasteiger partial charge in [-0.2, -0.15) is 0 Å². The van der Waals surface area contributed by atoms with E-state index in [2.05, 4.69) is 10.6 Å². The molecule has 7 heteroatoms. The lowest BCUT2D eigenvalue weighted by Crippen LogP contribution is -2.45. The minimum atomic E-state index is -0.631. The van der Waals surface area contributed by atoms with Crippen LogP contribution in [0.5, 0.6) is 11.5 Å². The monoisotopic (exact) mass is 312 g/mol. The van der Waals surface area contributed by atoms with Gasteiger partial charge in [0.1, 0.15) is 6.04 Å². The highest BCUT2D eigenvalue weighted by molar-refractivity contribution is 6.32. The summed E-state index contributed by atoms with van der Waals surface area (Å²) in [5.41, 5.74) is 0.319. The van der Waals surface area contributed by atoms with Gasteiger partial charge in [0.2, 0.25) is 12.7 Å². The standard InChI is InChI=1S/C14H17ClN2O4/c1-3-4-16-13(18)8(2)17-14(19)9-5-10(15)12-11(6-9)20-7-21-12/h5-6,8H,3-4,7H2,1-2H3,(H,16,18)(H,17,19)/t8-/m0/s1. The van der Waals surface area contributed by atoms with E-state index in [0.29, 0.717) is 28.6 Å². The van der Waals surface area contributed by atoms with Crippen molar-refractivity contribution in [2.24, 2.45) is 0 Å². The molecule has 0 bridgehead atoms. The van der Waals surface area contributed by atoms with Crippen LogP contribution in [0.15, 0.2) is 12.1 Å². The fraction of sp³-hybridized carbons (Fsp3) is 0.429. The Labute approximate surface area is 127 Å². The molecule has 1 heterocycles. The first-order chi connectivity index (χ1) is 10.0. The Balaban J connectivity index is 2.04. The molecule has 0 saturated carbocycles. The van der Waals surface area contributed by atoms with Crippen molar-refractivity contribution in [3.8, 4) is 11.5 Å². The second-order valence-corrected chi connectivity index (χ2v) is 5.09. The molecule has 2 amide bonds. The molecule has 0 radical (unpaired) electrons. The molecule has 0 unspecified atom stereocenters. The van der Waals surface area contributed by atoms with Crippen molar-refractivity contribution in [1.29, 1.82) is 0 Å². The van der Waals surface area contributed by atoms with Crippen LogP contribution in [-0.2, 0) is 4.79 Å². The van der Waals surface area contributed by atoms with Crippen LogP contribution < -0.4 is 20.1 Å². The van der Waals surface area contributed by atoms with Crippen LogP contribution in [0, 0.1) is 0 Å². The Hall–Kier alpha value is -1.95. The zero-order valence-corrected chi connectivity index (χ0v) is 12.6. The first-order valence-electron chi connectivity index (χ1n) is 6.70. The summed E-state index contributed by atoms with van der Waals surface area (Å²) in [5, 5.41) is 5.64. The molecule has 1 aliphatic rings. The van der Waals surface area contributed by atoms with Gasteiger partial charge in [0.25, 0.3) is 5.91 Å². The molecule has 1 aromatic rings. The summed E-state index contributed by atoms with van der Waals surface area (Å²) >= 11 is 6.02. The third-order valence-corrected chi connectivity index (χ3v) is 3.26. The largest absolute Gasteiger partial charge is 0.454 e. The zero-order chi connectivity index (χ0) is 15.4. The minimum absolute atomic E-state index is 0.0793. The maximum absolute atomic E-state index is 12.1. The Morgan fingerprint density at radius 2 is 2.14 bits per heavy atom. The molecular formula is C14H17ClN2O4. The van der Waals surface area contributed by atoms with E-state index >= 15 is 0 Å². The minimum Gasteiger partial charge on any atom is -0.454 e. The molecule has 0 aromatic heterocycles. The second kappa shape index (κ2) is 6.67. The molecule has 1 aliphatic heterocycles. The summed E-state index contributed by atoms with van der Waals surface area (Å²) in [5.74, 6) is 0.240. The fourth-order valence-corrected chi connectivity index (χ4v) is 2.11. The molecule has 6 nitrogen and oxygen atoms in total. The Kier molecular flexibility index (Phi) is 4.90. The number of amides is 2. The van der Waals surface area contributed by atoms with Gasteiger partial charge in [0, 0.05) is 12.1 Å². The number of halogens is 1. The van der Waals surface area contributed by atoms with Crippen LogP contribution in [0.25, 0.3) is 0 Å². The molecule has 21 heavy (non-hydrogen) atoms. The third kappa shape index (κ3) is 3.58. The lowest BCUT2D eigenvalue weighted by molar-refractivity contribution is -0.122. The predicted molar refractivity (Wildman–Crippen MR) is 77.8 cm³/mol. The highest BCUT2D eigenvalue weighted by Crippen LogP contribution is 2.39. The van der Waals surface area contributed by atoms with Crippen LogP contribution in [0.4, 0.5) is 0 Å². The van der Waals surface area contributed by atoms with Gasteiger partial charge in [0.05, 0.1) is 5.02 Å². The van der Waals surface area contributed by atoms with E-state index in [1.807, 2.05) is 6.92 Å². The topological polar surface area (TPSA) is 76.7 Å². The summed E-state index contributed by atoms with van der Waals surface area (Å²) in [6, 6.07) is 2.40. The van der Waals surface area contributed by atoms with Gasteiger partial charge in [-0.15, -0.1) is 0 Å². The number of hydrogen-bond acceptors (Lipinski definition) is 4. The van der Waals surface area contributed by atoms with Gasteiger partial charge < -0.3 is 20.1 Å². The van der Waals surface area contributed by atoms with E-state index < -0.39 is 11.9 Å². The quantitative estimate of drug-likeness (QED) is 0.868. The average Bonchev–Trinajstić information content (AvgIpc) is 2.93. The number of carbonyl (C=O) groups excluding carboxylic acids is 2. The summed E-state index contributed by atoms with van der Waals surface area (Å²) < 4.78 is 10.4. The van der Waals surface area contributed by atoms with Crippen molar-refractivity contribution in [2.75, 3.05) is 13.3 Å². The maximum Gasteiger partial charge on any atom is 0.252 e. The molecule has 0 aliphatic carbocycles. The van der Waals surface area contributed by atoms with Crippen LogP contribution in [0.2, 0.25) is 5.02 Å². The van der Waals surface area contributed by atoms with E-state index in [4.69, 9.17) is 21.1 Å². The smallest absolute Gasteiger partial charge is 0.252 e. The molecular weight excluding hydrogens is 296 g/mol. The molecule has 2 N–H and O–H groups in total. The van der Waals surface area contributed by atoms with Gasteiger partial charge >= 0.3 is 0 Å². The van der Waals surface area contributed by atoms with Crippen LogP contribution in [0.1, 0.15) is 30.6 Å². The van der Waals surface area contributed by atoms with Gasteiger partial charge in [0.15, 0.2) is 11.5 Å². The second-order valence-electron chi connectivity index (χ2n) is 4.68. The molecule has 1 aromatic carbocycles. The lowest BCUT2D eigenvalue weighted by atomic mass is 10.1. The van der Waals surface area contributed by atoms with Gasteiger partial charge in [-0.3, -0.25) is 9.59 Å². The molecule has 0 fully saturated rings. The van der Waals surface area contributed by atoms with Gasteiger partial charge in [-0.05, 0) is 25.5 Å². The number of carbonyl (C=O) groups is 2. The van der Waals surface area contributed by atoms with Crippen molar-refractivity contribution in [3.05, 3.63) is 22.7 Å². The first-order valence-corrected chi connectivity index (χ1v) is 7.08. The molecule has 0 spiro atoms. The highest BCUT2D eigenvalue weighted by atomic mass is 35.5. The van der Waals surface area contributed by atoms with Crippen molar-refractivity contribution < 1.29 is 19.1 Å². The van der Waals surface area contributed by atoms with Crippen LogP contribution in [0.3, 0.4) is 0 Å². The summed E-state index contributed by atoms with van der Waals surface area (Å²) in [6.45, 7) is 4.24. The third-order valence-electron chi connectivity index (χ3n) is 2.98. The van der Waals surface area contributed by atoms with Crippen molar-refractivity contribution >= 4 is 23.4 Å². The van der Waals surface area contributed by atoms with E-state index in [1.54, 1.807) is 13.0 Å². The zero-order valence-electron chi connectivity index (χ0n) is 11.9. The molecule has 2 rings (SSSR count). The van der Waals surface area contributed by atoms with E-state index in [0.717, 1.165) is 6.42 Å². The number of ether oxygens (including phenoxy) is 2. The normalized spacial score (nSPS) is 13.7. The Morgan fingerprint density at radius 3 is 2.86 bits per heavy atom. The summed E-state index contributed by atoms with van der Waals surface area (Å²) in [6.07, 6.45) is 0.837. The summed E-state index contributed by atoms with van der Waals surface area (Å²) in [7, 11) is 0. The lowest BCUT2D eigenvalue weighted by Gasteiger charge is -2.14. The van der Waals surface area contributed by atoms with Crippen molar-refractivity contribution in [3.63, 3.8) is 0 Å². The number of benzene rings is 1. The summed E-state index contributed by atoms with van der Waals surface area (Å²) in [4.78, 5) is 23.9. The molecule has 1 atom stereocenters. The van der Waals surface area contributed by atoms with Gasteiger partial charge in [-0.25, -0.2) is 0 Å². The van der Waals surface area contributed by atoms with Crippen LogP contribution >= 0.6 is 11.6 Å². The molecule has 0 saturated heterocycles. The highest BCUT2D eigenvalue weighted by Gasteiger charge is 2.22. The Bertz CT molecular complexity index is 562. The Morgan fingerprint density at radius 1 is 1.38 bits per heavy atom. The van der Waals surface area contributed by atoms with E-state index in [9.17, 15) is 9.59 Å². The maximum atomic E-state index is 12.1. The number of hydrogen-bond donors (Lipinski definition) is 2. The number of rotatable bonds is 5. The van der Waals surface area contributed by atoms with Crippen molar-refractivity contribution in [2.45, 2.75) is 26.3 Å². The SMILES string of the molecule is CCCNC(=O)[C@H](C)NC(=O)c1cc(Cl)c2c(c1)OCO2. The predicted octanol–water partition coefficient (Wildman–Crippen LogP) is 1.71. The molecule has 114 valence electrons. The van der Waals surface area contributed by atoms with E-state index in [1.165, 1.54) is 6.07 Å². The van der Waals surface area contributed by atoms with Gasteiger partial charge in [-0.1, -0.05) is 18.5 Å². The number of fused-ring (bicyclic) bond motifs is 1. The first kappa shape index (κ1) is 15.4. The average molecular weight is 313 g/mol. The van der Waals surface area contributed by atoms with E-state index in [-0.39, 0.29) is 12.7 Å². The van der Waals surface area contributed by atoms with Crippen LogP contribution in [-0.4, -0.2) is 31.2 Å².